The SMILES string of the molecule is O=C(Cc1csc(Cc2ccc(F)cc2)n1)NCCOc1ccc(F)c(F)c1. The fourth-order valence-electron chi connectivity index (χ4n) is 2.44. The Bertz CT molecular complexity index is 945. The second kappa shape index (κ2) is 9.36. The number of ether oxygens (including phenoxy) is 1. The summed E-state index contributed by atoms with van der Waals surface area (Å²) in [7, 11) is 0. The number of hydrogen-bond acceptors (Lipinski definition) is 4. The number of amides is 1. The van der Waals surface area contributed by atoms with E-state index >= 15 is 0 Å². The van der Waals surface area contributed by atoms with Gasteiger partial charge in [0.05, 0.1) is 23.7 Å². The van der Waals surface area contributed by atoms with Crippen molar-refractivity contribution in [2.45, 2.75) is 12.8 Å². The number of benzene rings is 2. The summed E-state index contributed by atoms with van der Waals surface area (Å²) in [5.74, 6) is -2.23. The van der Waals surface area contributed by atoms with Gasteiger partial charge < -0.3 is 10.1 Å². The molecule has 1 N–H and O–H groups in total. The first kappa shape index (κ1) is 19.9. The molecule has 0 radical (unpaired) electrons. The van der Waals surface area contributed by atoms with Crippen LogP contribution < -0.4 is 10.1 Å². The zero-order chi connectivity index (χ0) is 19.9. The lowest BCUT2D eigenvalue weighted by Gasteiger charge is -2.07. The quantitative estimate of drug-likeness (QED) is 0.578. The molecule has 0 saturated carbocycles. The Morgan fingerprint density at radius 2 is 1.86 bits per heavy atom. The van der Waals surface area contributed by atoms with Crippen molar-refractivity contribution < 1.29 is 22.7 Å². The van der Waals surface area contributed by atoms with Crippen LogP contribution in [0.5, 0.6) is 5.75 Å². The molecule has 2 aromatic carbocycles. The monoisotopic (exact) mass is 406 g/mol. The molecule has 0 aliphatic carbocycles. The minimum absolute atomic E-state index is 0.129. The fourth-order valence-corrected chi connectivity index (χ4v) is 3.27. The van der Waals surface area contributed by atoms with Crippen molar-refractivity contribution in [3.63, 3.8) is 0 Å². The summed E-state index contributed by atoms with van der Waals surface area (Å²) in [5, 5.41) is 5.34. The minimum atomic E-state index is -0.985. The first-order valence-electron chi connectivity index (χ1n) is 8.52. The van der Waals surface area contributed by atoms with Crippen molar-refractivity contribution in [1.82, 2.24) is 10.3 Å². The highest BCUT2D eigenvalue weighted by Gasteiger charge is 2.09. The van der Waals surface area contributed by atoms with Gasteiger partial charge in [0.15, 0.2) is 11.6 Å². The van der Waals surface area contributed by atoms with Crippen LogP contribution in [0.25, 0.3) is 0 Å². The smallest absolute Gasteiger partial charge is 0.226 e. The van der Waals surface area contributed by atoms with Crippen LogP contribution in [-0.4, -0.2) is 24.0 Å². The van der Waals surface area contributed by atoms with Gasteiger partial charge in [0.25, 0.3) is 0 Å². The molecule has 146 valence electrons. The summed E-state index contributed by atoms with van der Waals surface area (Å²) in [4.78, 5) is 16.4. The molecule has 8 heteroatoms. The lowest BCUT2D eigenvalue weighted by Crippen LogP contribution is -2.29. The van der Waals surface area contributed by atoms with Gasteiger partial charge in [-0.25, -0.2) is 18.2 Å². The van der Waals surface area contributed by atoms with Gasteiger partial charge in [-0.15, -0.1) is 11.3 Å². The zero-order valence-corrected chi connectivity index (χ0v) is 15.6. The van der Waals surface area contributed by atoms with Gasteiger partial charge >= 0.3 is 0 Å². The van der Waals surface area contributed by atoms with Gasteiger partial charge in [-0.1, -0.05) is 12.1 Å². The maximum Gasteiger partial charge on any atom is 0.226 e. The number of nitrogens with one attached hydrogen (secondary N) is 1. The van der Waals surface area contributed by atoms with E-state index in [-0.39, 0.29) is 37.0 Å². The molecule has 0 spiro atoms. The molecule has 3 aromatic rings. The molecule has 1 heterocycles. The molecule has 0 unspecified atom stereocenters. The molecule has 0 fully saturated rings. The maximum atomic E-state index is 13.1. The van der Waals surface area contributed by atoms with Crippen molar-refractivity contribution in [1.29, 1.82) is 0 Å². The van der Waals surface area contributed by atoms with Crippen LogP contribution in [0.3, 0.4) is 0 Å². The normalized spacial score (nSPS) is 10.7. The predicted octanol–water partition coefficient (Wildman–Crippen LogP) is 3.89. The molecule has 0 bridgehead atoms. The number of aromatic nitrogens is 1. The van der Waals surface area contributed by atoms with Gasteiger partial charge in [-0.3, -0.25) is 4.79 Å². The molecule has 1 aromatic heterocycles. The van der Waals surface area contributed by atoms with Crippen LogP contribution in [-0.2, 0) is 17.6 Å². The highest BCUT2D eigenvalue weighted by molar-refractivity contribution is 7.09. The van der Waals surface area contributed by atoms with Crippen LogP contribution >= 0.6 is 11.3 Å². The van der Waals surface area contributed by atoms with Gasteiger partial charge in [-0.05, 0) is 29.8 Å². The van der Waals surface area contributed by atoms with E-state index < -0.39 is 11.6 Å². The minimum Gasteiger partial charge on any atom is -0.492 e. The Morgan fingerprint density at radius 3 is 2.61 bits per heavy atom. The summed E-state index contributed by atoms with van der Waals surface area (Å²) >= 11 is 1.44. The van der Waals surface area contributed by atoms with E-state index in [0.29, 0.717) is 12.1 Å². The third-order valence-corrected chi connectivity index (χ3v) is 4.69. The topological polar surface area (TPSA) is 51.2 Å². The molecule has 0 saturated heterocycles. The third kappa shape index (κ3) is 5.82. The Labute approximate surface area is 164 Å². The highest BCUT2D eigenvalue weighted by atomic mass is 32.1. The lowest BCUT2D eigenvalue weighted by atomic mass is 10.1. The van der Waals surface area contributed by atoms with E-state index in [1.165, 1.54) is 29.5 Å². The van der Waals surface area contributed by atoms with E-state index in [1.54, 1.807) is 12.1 Å². The first-order chi connectivity index (χ1) is 13.5. The molecular formula is C20H17F3N2O2S. The first-order valence-corrected chi connectivity index (χ1v) is 9.40. The molecule has 0 atom stereocenters. The summed E-state index contributed by atoms with van der Waals surface area (Å²) in [5.41, 5.74) is 1.60. The van der Waals surface area contributed by atoms with Crippen molar-refractivity contribution in [3.8, 4) is 5.75 Å². The highest BCUT2D eigenvalue weighted by Crippen LogP contribution is 2.16. The lowest BCUT2D eigenvalue weighted by molar-refractivity contribution is -0.120. The van der Waals surface area contributed by atoms with Gasteiger partial charge in [0.2, 0.25) is 5.91 Å². The van der Waals surface area contributed by atoms with E-state index in [4.69, 9.17) is 4.74 Å². The molecule has 4 nitrogen and oxygen atoms in total. The number of carbonyl (C=O) groups is 1. The number of halogens is 3. The Balaban J connectivity index is 1.40. The molecular weight excluding hydrogens is 389 g/mol. The molecule has 3 rings (SSSR count). The van der Waals surface area contributed by atoms with Gasteiger partial charge in [0, 0.05) is 17.9 Å². The second-order valence-corrected chi connectivity index (χ2v) is 6.93. The fraction of sp³-hybridized carbons (Fsp3) is 0.200. The molecule has 1 amide bonds. The van der Waals surface area contributed by atoms with Gasteiger partial charge in [0.1, 0.15) is 18.2 Å². The number of hydrogen-bond donors (Lipinski definition) is 1. The molecule has 0 aliphatic rings. The van der Waals surface area contributed by atoms with Crippen molar-refractivity contribution in [2.24, 2.45) is 0 Å². The van der Waals surface area contributed by atoms with Crippen molar-refractivity contribution >= 4 is 17.2 Å². The number of rotatable bonds is 8. The average molecular weight is 406 g/mol. The van der Waals surface area contributed by atoms with E-state index in [9.17, 15) is 18.0 Å². The summed E-state index contributed by atoms with van der Waals surface area (Å²) < 4.78 is 44.1. The second-order valence-electron chi connectivity index (χ2n) is 5.99. The van der Waals surface area contributed by atoms with Crippen molar-refractivity contribution in [2.75, 3.05) is 13.2 Å². The maximum absolute atomic E-state index is 13.1. The average Bonchev–Trinajstić information content (AvgIpc) is 3.10. The van der Waals surface area contributed by atoms with Crippen LogP contribution in [0, 0.1) is 17.5 Å². The number of nitrogens with zero attached hydrogens (tertiary/aromatic N) is 1. The van der Waals surface area contributed by atoms with E-state index in [1.807, 2.05) is 5.38 Å². The summed E-state index contributed by atoms with van der Waals surface area (Å²) in [6.07, 6.45) is 0.708. The summed E-state index contributed by atoms with van der Waals surface area (Å²) in [6.45, 7) is 0.355. The van der Waals surface area contributed by atoms with Crippen LogP contribution in [0.1, 0.15) is 16.3 Å². The zero-order valence-electron chi connectivity index (χ0n) is 14.8. The number of thiazole rings is 1. The Kier molecular flexibility index (Phi) is 6.65. The molecule has 28 heavy (non-hydrogen) atoms. The van der Waals surface area contributed by atoms with Crippen LogP contribution in [0.15, 0.2) is 47.8 Å². The van der Waals surface area contributed by atoms with Crippen LogP contribution in [0.2, 0.25) is 0 Å². The number of carbonyl (C=O) groups excluding carboxylic acids is 1. The van der Waals surface area contributed by atoms with Crippen LogP contribution in [0.4, 0.5) is 13.2 Å². The predicted molar refractivity (Wildman–Crippen MR) is 99.9 cm³/mol. The van der Waals surface area contributed by atoms with E-state index in [0.717, 1.165) is 22.7 Å². The van der Waals surface area contributed by atoms with Gasteiger partial charge in [-0.2, -0.15) is 0 Å². The standard InChI is InChI=1S/C20H17F3N2O2S/c21-14-3-1-13(2-4-14)9-20-25-15(12-28-20)10-19(26)24-7-8-27-16-5-6-17(22)18(23)11-16/h1-6,11-12H,7-10H2,(H,24,26). The largest absolute Gasteiger partial charge is 0.492 e. The van der Waals surface area contributed by atoms with Crippen molar-refractivity contribution in [3.05, 3.63) is 81.6 Å². The third-order valence-electron chi connectivity index (χ3n) is 3.79. The Morgan fingerprint density at radius 1 is 1.07 bits per heavy atom. The Hall–Kier alpha value is -2.87. The molecule has 0 aliphatic heterocycles. The van der Waals surface area contributed by atoms with E-state index in [2.05, 4.69) is 10.3 Å². The summed E-state index contributed by atoms with van der Waals surface area (Å²) in [6, 6.07) is 9.47.